The van der Waals surface area contributed by atoms with E-state index < -0.39 is 0 Å². The Hall–Kier alpha value is -2.14. The minimum absolute atomic E-state index is 0.0694. The second-order valence-corrected chi connectivity index (χ2v) is 7.99. The number of nitrogens with two attached hydrogens (primary N) is 1. The van der Waals surface area contributed by atoms with Gasteiger partial charge in [0.2, 0.25) is 0 Å². The average molecular weight is 353 g/mol. The van der Waals surface area contributed by atoms with Gasteiger partial charge in [0.1, 0.15) is 9.71 Å². The Bertz CT molecular complexity index is 968. The van der Waals surface area contributed by atoms with Crippen LogP contribution in [0.25, 0.3) is 21.1 Å². The summed E-state index contributed by atoms with van der Waals surface area (Å²) in [5.74, 6) is 0.0694. The molecular formula is C20H23N3OS. The quantitative estimate of drug-likeness (QED) is 0.692. The predicted molar refractivity (Wildman–Crippen MR) is 105 cm³/mol. The molecular weight excluding hydrogens is 330 g/mol. The number of amides is 1. The summed E-state index contributed by atoms with van der Waals surface area (Å²) in [5.41, 5.74) is 10.3. The molecule has 3 heterocycles. The van der Waals surface area contributed by atoms with Gasteiger partial charge in [0.15, 0.2) is 0 Å². The van der Waals surface area contributed by atoms with Crippen molar-refractivity contribution in [2.24, 2.45) is 0 Å². The number of hydrogen-bond acceptors (Lipinski definition) is 4. The number of nitrogen functional groups attached to an aromatic ring is 1. The van der Waals surface area contributed by atoms with Crippen molar-refractivity contribution in [3.8, 4) is 0 Å². The molecule has 0 saturated carbocycles. The van der Waals surface area contributed by atoms with Gasteiger partial charge in [-0.1, -0.05) is 25.0 Å². The molecule has 0 spiro atoms. The molecule has 1 amide bonds. The molecule has 0 radical (unpaired) electrons. The molecule has 4 rings (SSSR count). The van der Waals surface area contributed by atoms with Crippen LogP contribution >= 0.6 is 11.3 Å². The molecule has 25 heavy (non-hydrogen) atoms. The third-order valence-corrected chi connectivity index (χ3v) is 6.29. The van der Waals surface area contributed by atoms with E-state index in [2.05, 4.69) is 32.0 Å². The number of aryl methyl sites for hydroxylation is 2. The zero-order valence-electron chi connectivity index (χ0n) is 14.8. The molecule has 1 saturated heterocycles. The van der Waals surface area contributed by atoms with E-state index in [-0.39, 0.29) is 5.91 Å². The van der Waals surface area contributed by atoms with Crippen LogP contribution in [0.2, 0.25) is 0 Å². The second-order valence-electron chi connectivity index (χ2n) is 6.99. The Kier molecular flexibility index (Phi) is 4.12. The molecule has 1 aromatic carbocycles. The van der Waals surface area contributed by atoms with E-state index in [1.165, 1.54) is 29.7 Å². The zero-order valence-corrected chi connectivity index (χ0v) is 15.6. The number of pyridine rings is 1. The van der Waals surface area contributed by atoms with Gasteiger partial charge in [-0.05, 0) is 43.9 Å². The van der Waals surface area contributed by atoms with Crippen molar-refractivity contribution in [3.63, 3.8) is 0 Å². The van der Waals surface area contributed by atoms with Crippen LogP contribution in [0.3, 0.4) is 0 Å². The van der Waals surface area contributed by atoms with Crippen molar-refractivity contribution in [2.45, 2.75) is 39.5 Å². The highest BCUT2D eigenvalue weighted by atomic mass is 32.1. The lowest BCUT2D eigenvalue weighted by molar-refractivity contribution is 0.0767. The molecule has 0 unspecified atom stereocenters. The summed E-state index contributed by atoms with van der Waals surface area (Å²) < 4.78 is 0. The van der Waals surface area contributed by atoms with Gasteiger partial charge in [-0.2, -0.15) is 0 Å². The number of carbonyl (C=O) groups excluding carboxylic acids is 1. The molecule has 4 nitrogen and oxygen atoms in total. The molecule has 2 N–H and O–H groups in total. The summed E-state index contributed by atoms with van der Waals surface area (Å²) in [6, 6.07) is 6.30. The first kappa shape index (κ1) is 16.3. The van der Waals surface area contributed by atoms with Crippen molar-refractivity contribution >= 4 is 44.1 Å². The largest absolute Gasteiger partial charge is 0.397 e. The van der Waals surface area contributed by atoms with E-state index in [9.17, 15) is 4.79 Å². The SMILES string of the molecule is Cc1ccc(C)c2nc3sc(C(=O)N4CCCCCC4)c(N)c3cc12. The fourth-order valence-electron chi connectivity index (χ4n) is 3.64. The Labute approximate surface area is 151 Å². The normalized spacial score (nSPS) is 15.7. The van der Waals surface area contributed by atoms with Crippen molar-refractivity contribution < 1.29 is 4.79 Å². The summed E-state index contributed by atoms with van der Waals surface area (Å²) in [4.78, 5) is 21.3. The summed E-state index contributed by atoms with van der Waals surface area (Å²) in [6.45, 7) is 5.82. The van der Waals surface area contributed by atoms with Gasteiger partial charge in [0.05, 0.1) is 11.2 Å². The number of fused-ring (bicyclic) bond motifs is 2. The van der Waals surface area contributed by atoms with Gasteiger partial charge in [-0.25, -0.2) is 4.98 Å². The number of carbonyl (C=O) groups is 1. The fraction of sp³-hybridized carbons (Fsp3) is 0.400. The molecule has 2 aromatic heterocycles. The maximum absolute atomic E-state index is 13.0. The third kappa shape index (κ3) is 2.76. The van der Waals surface area contributed by atoms with Gasteiger partial charge in [-0.3, -0.25) is 4.79 Å². The first-order valence-corrected chi connectivity index (χ1v) is 9.76. The van der Waals surface area contributed by atoms with Crippen molar-refractivity contribution in [2.75, 3.05) is 18.8 Å². The van der Waals surface area contributed by atoms with Crippen LogP contribution in [0, 0.1) is 13.8 Å². The number of nitrogens with zero attached hydrogens (tertiary/aromatic N) is 2. The minimum Gasteiger partial charge on any atom is -0.397 e. The topological polar surface area (TPSA) is 59.2 Å². The highest BCUT2D eigenvalue weighted by Gasteiger charge is 2.23. The lowest BCUT2D eigenvalue weighted by Gasteiger charge is -2.19. The molecule has 3 aromatic rings. The molecule has 1 aliphatic rings. The second kappa shape index (κ2) is 6.30. The first-order chi connectivity index (χ1) is 12.1. The molecule has 5 heteroatoms. The van der Waals surface area contributed by atoms with Gasteiger partial charge < -0.3 is 10.6 Å². The van der Waals surface area contributed by atoms with Crippen LogP contribution in [0.5, 0.6) is 0 Å². The summed E-state index contributed by atoms with van der Waals surface area (Å²) in [7, 11) is 0. The maximum atomic E-state index is 13.0. The minimum atomic E-state index is 0.0694. The number of benzene rings is 1. The van der Waals surface area contributed by atoms with Gasteiger partial charge in [0.25, 0.3) is 5.91 Å². The van der Waals surface area contributed by atoms with E-state index in [0.29, 0.717) is 10.6 Å². The standard InChI is InChI=1S/C20H23N3OS/c1-12-7-8-13(2)17-14(12)11-15-16(21)18(25-19(15)22-17)20(24)23-9-5-3-4-6-10-23/h7-8,11H,3-6,9-10,21H2,1-2H3. The van der Waals surface area contributed by atoms with E-state index in [4.69, 9.17) is 10.7 Å². The van der Waals surface area contributed by atoms with Gasteiger partial charge >= 0.3 is 0 Å². The zero-order chi connectivity index (χ0) is 17.6. The fourth-order valence-corrected chi connectivity index (χ4v) is 4.68. The summed E-state index contributed by atoms with van der Waals surface area (Å²) in [6.07, 6.45) is 4.57. The average Bonchev–Trinajstić information content (AvgIpc) is 2.80. The molecule has 0 bridgehead atoms. The smallest absolute Gasteiger partial charge is 0.266 e. The van der Waals surface area contributed by atoms with Crippen LogP contribution in [-0.2, 0) is 0 Å². The lowest BCUT2D eigenvalue weighted by atomic mass is 10.0. The van der Waals surface area contributed by atoms with Crippen molar-refractivity contribution in [1.82, 2.24) is 9.88 Å². The Morgan fingerprint density at radius 3 is 2.48 bits per heavy atom. The van der Waals surface area contributed by atoms with Crippen LogP contribution in [0.4, 0.5) is 5.69 Å². The van der Waals surface area contributed by atoms with E-state index in [1.807, 2.05) is 4.90 Å². The van der Waals surface area contributed by atoms with Gasteiger partial charge in [0, 0.05) is 23.9 Å². The Morgan fingerprint density at radius 1 is 1.08 bits per heavy atom. The van der Waals surface area contributed by atoms with E-state index in [0.717, 1.165) is 52.6 Å². The molecule has 130 valence electrons. The molecule has 0 aliphatic carbocycles. The number of likely N-dealkylation sites (tertiary alicyclic amines) is 1. The number of anilines is 1. The molecule has 0 atom stereocenters. The number of aromatic nitrogens is 1. The maximum Gasteiger partial charge on any atom is 0.266 e. The monoisotopic (exact) mass is 353 g/mol. The summed E-state index contributed by atoms with van der Waals surface area (Å²) >= 11 is 1.43. The Morgan fingerprint density at radius 2 is 1.76 bits per heavy atom. The van der Waals surface area contributed by atoms with E-state index >= 15 is 0 Å². The highest BCUT2D eigenvalue weighted by Crippen LogP contribution is 2.36. The van der Waals surface area contributed by atoms with E-state index in [1.54, 1.807) is 0 Å². The number of hydrogen-bond donors (Lipinski definition) is 1. The van der Waals surface area contributed by atoms with Crippen LogP contribution < -0.4 is 5.73 Å². The first-order valence-electron chi connectivity index (χ1n) is 8.94. The van der Waals surface area contributed by atoms with Crippen LogP contribution in [-0.4, -0.2) is 28.9 Å². The number of thiophene rings is 1. The van der Waals surface area contributed by atoms with Gasteiger partial charge in [-0.15, -0.1) is 11.3 Å². The van der Waals surface area contributed by atoms with Crippen LogP contribution in [0.15, 0.2) is 18.2 Å². The number of rotatable bonds is 1. The van der Waals surface area contributed by atoms with Crippen molar-refractivity contribution in [1.29, 1.82) is 0 Å². The van der Waals surface area contributed by atoms with Crippen molar-refractivity contribution in [3.05, 3.63) is 34.2 Å². The molecule has 1 fully saturated rings. The predicted octanol–water partition coefficient (Wildman–Crippen LogP) is 4.66. The third-order valence-electron chi connectivity index (χ3n) is 5.19. The highest BCUT2D eigenvalue weighted by molar-refractivity contribution is 7.21. The van der Waals surface area contributed by atoms with Crippen LogP contribution in [0.1, 0.15) is 46.5 Å². The molecule has 1 aliphatic heterocycles. The summed E-state index contributed by atoms with van der Waals surface area (Å²) in [5, 5.41) is 2.02. The Balaban J connectivity index is 1.84. The lowest BCUT2D eigenvalue weighted by Crippen LogP contribution is -2.31.